The van der Waals surface area contributed by atoms with E-state index in [-0.39, 0.29) is 11.7 Å². The zero-order chi connectivity index (χ0) is 14.5. The number of nitrogens with one attached hydrogen (secondary N) is 2. The molecule has 1 atom stereocenters. The van der Waals surface area contributed by atoms with Crippen LogP contribution in [0.4, 0.5) is 15.9 Å². The minimum Gasteiger partial charge on any atom is -0.374 e. The predicted molar refractivity (Wildman–Crippen MR) is 74.0 cm³/mol. The fraction of sp³-hybridized carbons (Fsp3) is 0.286. The third kappa shape index (κ3) is 3.57. The molecule has 5 nitrogen and oxygen atoms in total. The van der Waals surface area contributed by atoms with Crippen LogP contribution in [0.15, 0.2) is 34.9 Å². The van der Waals surface area contributed by atoms with Gasteiger partial charge in [-0.2, -0.15) is 0 Å². The lowest BCUT2D eigenvalue weighted by Crippen LogP contribution is -2.34. The molecule has 0 bridgehead atoms. The van der Waals surface area contributed by atoms with Gasteiger partial charge in [0.1, 0.15) is 17.6 Å². The first-order valence-electron chi connectivity index (χ1n) is 6.34. The van der Waals surface area contributed by atoms with Crippen LogP contribution >= 0.6 is 0 Å². The summed E-state index contributed by atoms with van der Waals surface area (Å²) in [6.45, 7) is 3.63. The van der Waals surface area contributed by atoms with Crippen LogP contribution in [0.25, 0.3) is 0 Å². The summed E-state index contributed by atoms with van der Waals surface area (Å²) in [6, 6.07) is 7.07. The molecule has 2 rings (SSSR count). The van der Waals surface area contributed by atoms with Gasteiger partial charge in [-0.1, -0.05) is 12.1 Å². The second-order valence-corrected chi connectivity index (χ2v) is 4.42. The lowest BCUT2D eigenvalue weighted by molar-refractivity contribution is -0.117. The normalized spacial score (nSPS) is 11.9. The Kier molecular flexibility index (Phi) is 4.34. The molecule has 1 heterocycles. The molecule has 6 heteroatoms. The minimum atomic E-state index is -0.433. The van der Waals surface area contributed by atoms with Crippen LogP contribution in [0.2, 0.25) is 0 Å². The van der Waals surface area contributed by atoms with E-state index in [1.807, 2.05) is 6.92 Å². The highest BCUT2D eigenvalue weighted by Crippen LogP contribution is 2.13. The third-order valence-corrected chi connectivity index (χ3v) is 2.79. The third-order valence-electron chi connectivity index (χ3n) is 2.79. The summed E-state index contributed by atoms with van der Waals surface area (Å²) >= 11 is 0. The second kappa shape index (κ2) is 6.18. The molecule has 1 aromatic carbocycles. The molecule has 2 aromatic rings. The average molecular weight is 277 g/mol. The monoisotopic (exact) mass is 277 g/mol. The van der Waals surface area contributed by atoms with E-state index < -0.39 is 6.04 Å². The summed E-state index contributed by atoms with van der Waals surface area (Å²) in [4.78, 5) is 12.1. The second-order valence-electron chi connectivity index (χ2n) is 4.42. The molecule has 0 fully saturated rings. The zero-order valence-electron chi connectivity index (χ0n) is 11.3. The van der Waals surface area contributed by atoms with Crippen molar-refractivity contribution in [3.8, 4) is 0 Å². The van der Waals surface area contributed by atoms with Gasteiger partial charge in [0.15, 0.2) is 5.82 Å². The number of benzene rings is 1. The van der Waals surface area contributed by atoms with E-state index in [0.717, 1.165) is 0 Å². The first kappa shape index (κ1) is 14.0. The van der Waals surface area contributed by atoms with Crippen molar-refractivity contribution in [2.24, 2.45) is 0 Å². The molecule has 0 saturated heterocycles. The summed E-state index contributed by atoms with van der Waals surface area (Å²) in [5.74, 6) is 0.475. The van der Waals surface area contributed by atoms with Crippen molar-refractivity contribution in [3.63, 3.8) is 0 Å². The van der Waals surface area contributed by atoms with Crippen LogP contribution in [0, 0.1) is 12.7 Å². The van der Waals surface area contributed by atoms with Crippen molar-refractivity contribution < 1.29 is 13.7 Å². The van der Waals surface area contributed by atoms with Gasteiger partial charge in [0.25, 0.3) is 0 Å². The van der Waals surface area contributed by atoms with Crippen molar-refractivity contribution in [2.45, 2.75) is 26.3 Å². The lowest BCUT2D eigenvalue weighted by atomic mass is 10.2. The number of anilines is 2. The molecule has 1 aromatic heterocycles. The molecule has 1 amide bonds. The molecule has 0 saturated carbocycles. The van der Waals surface area contributed by atoms with Crippen LogP contribution in [0.5, 0.6) is 0 Å². The SMILES string of the molecule is CC[C@H](Nc1ccc(F)cc1)C(=O)Nc1cc(C)on1. The molecule has 0 spiro atoms. The van der Waals surface area contributed by atoms with Crippen molar-refractivity contribution in [3.05, 3.63) is 41.9 Å². The van der Waals surface area contributed by atoms with Gasteiger partial charge >= 0.3 is 0 Å². The van der Waals surface area contributed by atoms with E-state index in [2.05, 4.69) is 15.8 Å². The molecule has 0 aliphatic rings. The predicted octanol–water partition coefficient (Wildman–Crippen LogP) is 2.95. The Hall–Kier alpha value is -2.37. The molecule has 106 valence electrons. The number of aryl methyl sites for hydroxylation is 1. The van der Waals surface area contributed by atoms with Crippen molar-refractivity contribution in [1.29, 1.82) is 0 Å². The van der Waals surface area contributed by atoms with Crippen LogP contribution in [-0.4, -0.2) is 17.1 Å². The maximum atomic E-state index is 12.8. The van der Waals surface area contributed by atoms with E-state index in [9.17, 15) is 9.18 Å². The molecule has 2 N–H and O–H groups in total. The van der Waals surface area contributed by atoms with Crippen LogP contribution in [0.3, 0.4) is 0 Å². The lowest BCUT2D eigenvalue weighted by Gasteiger charge is -2.17. The number of rotatable bonds is 5. The Balaban J connectivity index is 2.00. The Labute approximate surface area is 116 Å². The van der Waals surface area contributed by atoms with Gasteiger partial charge < -0.3 is 15.2 Å². The highest BCUT2D eigenvalue weighted by molar-refractivity contribution is 5.95. The maximum Gasteiger partial charge on any atom is 0.248 e. The minimum absolute atomic E-state index is 0.217. The number of aromatic nitrogens is 1. The van der Waals surface area contributed by atoms with Crippen molar-refractivity contribution >= 4 is 17.4 Å². The van der Waals surface area contributed by atoms with Gasteiger partial charge in [-0.25, -0.2) is 4.39 Å². The largest absolute Gasteiger partial charge is 0.374 e. The molecule has 0 aliphatic carbocycles. The zero-order valence-corrected chi connectivity index (χ0v) is 11.3. The van der Waals surface area contributed by atoms with E-state index in [4.69, 9.17) is 4.52 Å². The van der Waals surface area contributed by atoms with Crippen LogP contribution < -0.4 is 10.6 Å². The van der Waals surface area contributed by atoms with E-state index in [1.54, 1.807) is 25.1 Å². The quantitative estimate of drug-likeness (QED) is 0.881. The molecular formula is C14H16FN3O2. The standard InChI is InChI=1S/C14H16FN3O2/c1-3-12(16-11-6-4-10(15)5-7-11)14(19)17-13-8-9(2)20-18-13/h4-8,12,16H,3H2,1-2H3,(H,17,18,19)/t12-/m0/s1. The fourth-order valence-electron chi connectivity index (χ4n) is 1.74. The average Bonchev–Trinajstić information content (AvgIpc) is 2.83. The Bertz CT molecular complexity index is 580. The highest BCUT2D eigenvalue weighted by Gasteiger charge is 2.17. The number of carbonyl (C=O) groups is 1. The van der Waals surface area contributed by atoms with E-state index in [0.29, 0.717) is 23.7 Å². The number of nitrogens with zero attached hydrogens (tertiary/aromatic N) is 1. The van der Waals surface area contributed by atoms with Crippen molar-refractivity contribution in [2.75, 3.05) is 10.6 Å². The van der Waals surface area contributed by atoms with Crippen molar-refractivity contribution in [1.82, 2.24) is 5.16 Å². The summed E-state index contributed by atoms with van der Waals surface area (Å²) in [5.41, 5.74) is 0.685. The number of halogens is 1. The maximum absolute atomic E-state index is 12.8. The van der Waals surface area contributed by atoms with E-state index >= 15 is 0 Å². The summed E-state index contributed by atoms with van der Waals surface area (Å²) < 4.78 is 17.7. The van der Waals surface area contributed by atoms with E-state index in [1.165, 1.54) is 12.1 Å². The smallest absolute Gasteiger partial charge is 0.248 e. The molecule has 0 radical (unpaired) electrons. The number of hydrogen-bond acceptors (Lipinski definition) is 4. The Morgan fingerprint density at radius 2 is 2.10 bits per heavy atom. The molecule has 20 heavy (non-hydrogen) atoms. The topological polar surface area (TPSA) is 67.2 Å². The number of carbonyl (C=O) groups excluding carboxylic acids is 1. The molecule has 0 aliphatic heterocycles. The van der Waals surface area contributed by atoms with Crippen LogP contribution in [0.1, 0.15) is 19.1 Å². The van der Waals surface area contributed by atoms with Gasteiger partial charge in [-0.15, -0.1) is 0 Å². The number of hydrogen-bond donors (Lipinski definition) is 2. The van der Waals surface area contributed by atoms with Crippen LogP contribution in [-0.2, 0) is 4.79 Å². The molecular weight excluding hydrogens is 261 g/mol. The first-order chi connectivity index (χ1) is 9.58. The summed E-state index contributed by atoms with van der Waals surface area (Å²) in [7, 11) is 0. The van der Waals surface area contributed by atoms with Gasteiger partial charge in [0, 0.05) is 11.8 Å². The highest BCUT2D eigenvalue weighted by atomic mass is 19.1. The Morgan fingerprint density at radius 1 is 1.40 bits per heavy atom. The van der Waals surface area contributed by atoms with Gasteiger partial charge in [0.05, 0.1) is 0 Å². The number of amides is 1. The van der Waals surface area contributed by atoms with Gasteiger partial charge in [0.2, 0.25) is 5.91 Å². The molecule has 0 unspecified atom stereocenters. The summed E-state index contributed by atoms with van der Waals surface area (Å²) in [6.07, 6.45) is 0.583. The first-order valence-corrected chi connectivity index (χ1v) is 6.34. The summed E-state index contributed by atoms with van der Waals surface area (Å²) in [5, 5.41) is 9.42. The Morgan fingerprint density at radius 3 is 2.65 bits per heavy atom. The fourth-order valence-corrected chi connectivity index (χ4v) is 1.74. The van der Waals surface area contributed by atoms with Gasteiger partial charge in [-0.3, -0.25) is 4.79 Å². The van der Waals surface area contributed by atoms with Gasteiger partial charge in [-0.05, 0) is 37.6 Å².